The molecule has 2 aromatic rings. The number of nitrogens with zero attached hydrogens (tertiary/aromatic N) is 3. The van der Waals surface area contributed by atoms with Gasteiger partial charge in [0.05, 0.1) is 28.9 Å². The predicted octanol–water partition coefficient (Wildman–Crippen LogP) is 2.07. The van der Waals surface area contributed by atoms with E-state index in [2.05, 4.69) is 10.3 Å². The highest BCUT2D eigenvalue weighted by Gasteiger charge is 2.10. The van der Waals surface area contributed by atoms with Gasteiger partial charge in [-0.25, -0.2) is 4.98 Å². The molecule has 0 atom stereocenters. The second kappa shape index (κ2) is 4.97. The molecular weight excluding hydrogens is 236 g/mol. The molecule has 1 N–H and O–H groups in total. The van der Waals surface area contributed by atoms with Crippen molar-refractivity contribution >= 4 is 11.4 Å². The second-order valence-electron chi connectivity index (χ2n) is 3.42. The average Bonchev–Trinajstić information content (AvgIpc) is 2.89. The number of aromatic nitrogens is 1. The SMILES string of the molecule is N#Cc1cc([N+](=O)[O-])ccc1NCc1cnco1. The van der Waals surface area contributed by atoms with Crippen molar-refractivity contribution in [2.24, 2.45) is 0 Å². The number of rotatable bonds is 4. The molecule has 0 bridgehead atoms. The molecule has 90 valence electrons. The van der Waals surface area contributed by atoms with Crippen LogP contribution in [0.4, 0.5) is 11.4 Å². The van der Waals surface area contributed by atoms with Gasteiger partial charge in [0, 0.05) is 12.1 Å². The molecule has 2 rings (SSSR count). The lowest BCUT2D eigenvalue weighted by Gasteiger charge is -2.05. The van der Waals surface area contributed by atoms with E-state index in [9.17, 15) is 10.1 Å². The Labute approximate surface area is 102 Å². The standard InChI is InChI=1S/C11H8N4O3/c12-4-8-3-9(15(16)17)1-2-11(8)14-6-10-5-13-7-18-10/h1-3,5,7,14H,6H2. The highest BCUT2D eigenvalue weighted by Crippen LogP contribution is 2.21. The minimum Gasteiger partial charge on any atom is -0.447 e. The van der Waals surface area contributed by atoms with Crippen molar-refractivity contribution in [3.8, 4) is 6.07 Å². The number of oxazole rings is 1. The molecule has 0 saturated carbocycles. The second-order valence-corrected chi connectivity index (χ2v) is 3.42. The first-order valence-electron chi connectivity index (χ1n) is 5.00. The van der Waals surface area contributed by atoms with E-state index < -0.39 is 4.92 Å². The van der Waals surface area contributed by atoms with E-state index in [1.54, 1.807) is 6.20 Å². The molecule has 0 amide bonds. The zero-order valence-electron chi connectivity index (χ0n) is 9.16. The summed E-state index contributed by atoms with van der Waals surface area (Å²) in [6.07, 6.45) is 2.85. The maximum absolute atomic E-state index is 10.6. The summed E-state index contributed by atoms with van der Waals surface area (Å²) in [4.78, 5) is 13.8. The van der Waals surface area contributed by atoms with Crippen molar-refractivity contribution in [1.82, 2.24) is 4.98 Å². The zero-order valence-corrected chi connectivity index (χ0v) is 9.16. The monoisotopic (exact) mass is 244 g/mol. The fourth-order valence-electron chi connectivity index (χ4n) is 1.40. The van der Waals surface area contributed by atoms with Crippen molar-refractivity contribution < 1.29 is 9.34 Å². The van der Waals surface area contributed by atoms with E-state index >= 15 is 0 Å². The van der Waals surface area contributed by atoms with Gasteiger partial charge < -0.3 is 9.73 Å². The summed E-state index contributed by atoms with van der Waals surface area (Å²) in [5.74, 6) is 0.609. The van der Waals surface area contributed by atoms with Gasteiger partial charge in [-0.2, -0.15) is 5.26 Å². The van der Waals surface area contributed by atoms with Gasteiger partial charge >= 0.3 is 0 Å². The predicted molar refractivity (Wildman–Crippen MR) is 61.6 cm³/mol. The van der Waals surface area contributed by atoms with Gasteiger partial charge in [-0.05, 0) is 6.07 Å². The summed E-state index contributed by atoms with van der Waals surface area (Å²) in [6, 6.07) is 5.96. The molecule has 0 aliphatic rings. The number of hydrogen-bond acceptors (Lipinski definition) is 6. The van der Waals surface area contributed by atoms with Crippen LogP contribution in [0, 0.1) is 21.4 Å². The van der Waals surface area contributed by atoms with Gasteiger partial charge in [0.15, 0.2) is 6.39 Å². The van der Waals surface area contributed by atoms with Gasteiger partial charge in [0.1, 0.15) is 11.8 Å². The van der Waals surface area contributed by atoms with Crippen LogP contribution in [0.3, 0.4) is 0 Å². The Morgan fingerprint density at radius 2 is 2.39 bits per heavy atom. The van der Waals surface area contributed by atoms with Gasteiger partial charge in [-0.3, -0.25) is 10.1 Å². The summed E-state index contributed by atoms with van der Waals surface area (Å²) in [6.45, 7) is 0.354. The van der Waals surface area contributed by atoms with E-state index in [0.717, 1.165) is 0 Å². The number of nitro groups is 1. The molecule has 7 heteroatoms. The normalized spacial score (nSPS) is 9.72. The Bertz CT molecular complexity index is 601. The van der Waals surface area contributed by atoms with E-state index in [1.165, 1.54) is 24.6 Å². The number of anilines is 1. The number of benzene rings is 1. The lowest BCUT2D eigenvalue weighted by molar-refractivity contribution is -0.384. The van der Waals surface area contributed by atoms with Crippen LogP contribution in [-0.2, 0) is 6.54 Å². The largest absolute Gasteiger partial charge is 0.447 e. The minimum atomic E-state index is -0.541. The number of nitrogens with one attached hydrogen (secondary N) is 1. The molecule has 0 spiro atoms. The van der Waals surface area contributed by atoms with E-state index in [1.807, 2.05) is 6.07 Å². The van der Waals surface area contributed by atoms with Crippen LogP contribution in [0.25, 0.3) is 0 Å². The highest BCUT2D eigenvalue weighted by atomic mass is 16.6. The van der Waals surface area contributed by atoms with Crippen molar-refractivity contribution in [3.63, 3.8) is 0 Å². The highest BCUT2D eigenvalue weighted by molar-refractivity contribution is 5.61. The van der Waals surface area contributed by atoms with Crippen LogP contribution in [0.15, 0.2) is 35.2 Å². The molecular formula is C11H8N4O3. The van der Waals surface area contributed by atoms with Crippen LogP contribution in [0.2, 0.25) is 0 Å². The van der Waals surface area contributed by atoms with Crippen molar-refractivity contribution in [2.45, 2.75) is 6.54 Å². The van der Waals surface area contributed by atoms with E-state index in [-0.39, 0.29) is 11.3 Å². The smallest absolute Gasteiger partial charge is 0.270 e. The summed E-state index contributed by atoms with van der Waals surface area (Å²) < 4.78 is 5.03. The van der Waals surface area contributed by atoms with Crippen LogP contribution in [-0.4, -0.2) is 9.91 Å². The molecule has 0 saturated heterocycles. The third-order valence-corrected chi connectivity index (χ3v) is 2.27. The number of nitriles is 1. The van der Waals surface area contributed by atoms with Gasteiger partial charge in [0.25, 0.3) is 5.69 Å². The van der Waals surface area contributed by atoms with Gasteiger partial charge in [-0.15, -0.1) is 0 Å². The average molecular weight is 244 g/mol. The Morgan fingerprint density at radius 1 is 1.56 bits per heavy atom. The maximum Gasteiger partial charge on any atom is 0.270 e. The molecule has 0 aliphatic heterocycles. The van der Waals surface area contributed by atoms with Crippen molar-refractivity contribution in [1.29, 1.82) is 5.26 Å². The van der Waals surface area contributed by atoms with Gasteiger partial charge in [0.2, 0.25) is 0 Å². The van der Waals surface area contributed by atoms with Crippen LogP contribution >= 0.6 is 0 Å². The molecule has 1 aromatic heterocycles. The molecule has 0 unspecified atom stereocenters. The van der Waals surface area contributed by atoms with Crippen LogP contribution in [0.1, 0.15) is 11.3 Å². The van der Waals surface area contributed by atoms with Crippen LogP contribution in [0.5, 0.6) is 0 Å². The lowest BCUT2D eigenvalue weighted by atomic mass is 10.1. The summed E-state index contributed by atoms with van der Waals surface area (Å²) in [5.41, 5.74) is 0.611. The summed E-state index contributed by atoms with van der Waals surface area (Å²) in [7, 11) is 0. The molecule has 7 nitrogen and oxygen atoms in total. The fraction of sp³-hybridized carbons (Fsp3) is 0.0909. The Kier molecular flexibility index (Phi) is 3.20. The molecule has 1 aromatic carbocycles. The van der Waals surface area contributed by atoms with Crippen molar-refractivity contribution in [2.75, 3.05) is 5.32 Å². The molecule has 1 heterocycles. The topological polar surface area (TPSA) is 105 Å². The third-order valence-electron chi connectivity index (χ3n) is 2.27. The van der Waals surface area contributed by atoms with Crippen LogP contribution < -0.4 is 5.32 Å². The zero-order chi connectivity index (χ0) is 13.0. The summed E-state index contributed by atoms with van der Waals surface area (Å²) in [5, 5.41) is 22.5. The molecule has 18 heavy (non-hydrogen) atoms. The Hall–Kier alpha value is -2.88. The van der Waals surface area contributed by atoms with Crippen molar-refractivity contribution in [3.05, 3.63) is 52.2 Å². The quantitative estimate of drug-likeness (QED) is 0.651. The summed E-state index contributed by atoms with van der Waals surface area (Å²) >= 11 is 0. The van der Waals surface area contributed by atoms with E-state index in [4.69, 9.17) is 9.68 Å². The first-order valence-corrected chi connectivity index (χ1v) is 5.00. The van der Waals surface area contributed by atoms with E-state index in [0.29, 0.717) is 18.0 Å². The Balaban J connectivity index is 2.18. The first kappa shape index (κ1) is 11.6. The number of non-ortho nitro benzene ring substituents is 1. The number of hydrogen-bond donors (Lipinski definition) is 1. The first-order chi connectivity index (χ1) is 8.70. The maximum atomic E-state index is 10.6. The molecule has 0 aliphatic carbocycles. The number of nitro benzene ring substituents is 1. The van der Waals surface area contributed by atoms with Gasteiger partial charge in [-0.1, -0.05) is 0 Å². The minimum absolute atomic E-state index is 0.114. The molecule has 0 fully saturated rings. The Morgan fingerprint density at radius 3 is 3.00 bits per heavy atom. The third kappa shape index (κ3) is 2.44. The lowest BCUT2D eigenvalue weighted by Crippen LogP contribution is -2.01. The molecule has 0 radical (unpaired) electrons. The fourth-order valence-corrected chi connectivity index (χ4v) is 1.40.